The molecule has 2 amide bonds. The fourth-order valence-corrected chi connectivity index (χ4v) is 4.51. The summed E-state index contributed by atoms with van der Waals surface area (Å²) in [5.41, 5.74) is 2.30. The summed E-state index contributed by atoms with van der Waals surface area (Å²) in [6.45, 7) is 12.7. The lowest BCUT2D eigenvalue weighted by atomic mass is 9.86. The smallest absolute Gasteiger partial charge is 0.275 e. The first-order chi connectivity index (χ1) is 14.8. The van der Waals surface area contributed by atoms with E-state index in [2.05, 4.69) is 49.9 Å². The molecule has 2 N–H and O–H groups in total. The molecule has 0 fully saturated rings. The number of amides is 2. The number of aromatic nitrogens is 1. The van der Waals surface area contributed by atoms with Gasteiger partial charge in [-0.2, -0.15) is 0 Å². The maximum Gasteiger partial charge on any atom is 0.275 e. The summed E-state index contributed by atoms with van der Waals surface area (Å²) in [5, 5.41) is 8.66. The van der Waals surface area contributed by atoms with Gasteiger partial charge in [-0.15, -0.1) is 17.9 Å². The Morgan fingerprint density at radius 2 is 1.97 bits per heavy atom. The van der Waals surface area contributed by atoms with Gasteiger partial charge in [0.25, 0.3) is 5.91 Å². The quantitative estimate of drug-likeness (QED) is 0.417. The van der Waals surface area contributed by atoms with Crippen molar-refractivity contribution in [3.8, 4) is 0 Å². The van der Waals surface area contributed by atoms with Crippen LogP contribution in [-0.2, 0) is 10.2 Å². The minimum atomic E-state index is -0.182. The molecule has 0 saturated carbocycles. The van der Waals surface area contributed by atoms with Crippen LogP contribution in [0.15, 0.2) is 42.3 Å². The molecule has 5 nitrogen and oxygen atoms in total. The summed E-state index contributed by atoms with van der Waals surface area (Å²) >= 11 is 1.53. The number of hydrogen-bond acceptors (Lipinski definition) is 4. The molecular formula is C25H35N3O2S. The SMILES string of the molecule is C=CCNC(=O)CCCC(CCC)c1nc(C(=O)Nc2ccccc2C(C)(C)C)cs1. The van der Waals surface area contributed by atoms with E-state index in [1.807, 2.05) is 29.6 Å². The summed E-state index contributed by atoms with van der Waals surface area (Å²) in [4.78, 5) is 29.3. The van der Waals surface area contributed by atoms with E-state index in [1.54, 1.807) is 6.08 Å². The van der Waals surface area contributed by atoms with Crippen molar-refractivity contribution in [3.05, 3.63) is 58.6 Å². The van der Waals surface area contributed by atoms with Crippen LogP contribution in [0.5, 0.6) is 0 Å². The highest BCUT2D eigenvalue weighted by molar-refractivity contribution is 7.09. The van der Waals surface area contributed by atoms with Crippen molar-refractivity contribution in [2.24, 2.45) is 0 Å². The molecular weight excluding hydrogens is 406 g/mol. The molecule has 1 heterocycles. The highest BCUT2D eigenvalue weighted by Gasteiger charge is 2.21. The summed E-state index contributed by atoms with van der Waals surface area (Å²) < 4.78 is 0. The normalized spacial score (nSPS) is 12.3. The van der Waals surface area contributed by atoms with Crippen molar-refractivity contribution in [2.45, 2.75) is 71.1 Å². The number of nitrogens with one attached hydrogen (secondary N) is 2. The van der Waals surface area contributed by atoms with E-state index in [-0.39, 0.29) is 23.1 Å². The molecule has 1 aromatic heterocycles. The highest BCUT2D eigenvalue weighted by atomic mass is 32.1. The molecule has 1 unspecified atom stereocenters. The van der Waals surface area contributed by atoms with Crippen LogP contribution in [0.3, 0.4) is 0 Å². The van der Waals surface area contributed by atoms with Crippen molar-refractivity contribution >= 4 is 28.8 Å². The first-order valence-corrected chi connectivity index (χ1v) is 11.9. The third kappa shape index (κ3) is 7.62. The first-order valence-electron chi connectivity index (χ1n) is 11.0. The Morgan fingerprint density at radius 3 is 2.65 bits per heavy atom. The second kappa shape index (κ2) is 11.8. The summed E-state index contributed by atoms with van der Waals surface area (Å²) in [6.07, 6.45) is 5.89. The Bertz CT molecular complexity index is 883. The van der Waals surface area contributed by atoms with Crippen molar-refractivity contribution in [2.75, 3.05) is 11.9 Å². The van der Waals surface area contributed by atoms with Crippen LogP contribution < -0.4 is 10.6 Å². The lowest BCUT2D eigenvalue weighted by Gasteiger charge is -2.22. The van der Waals surface area contributed by atoms with Crippen molar-refractivity contribution in [1.29, 1.82) is 0 Å². The van der Waals surface area contributed by atoms with E-state index in [4.69, 9.17) is 0 Å². The Kier molecular flexibility index (Phi) is 9.44. The predicted molar refractivity (Wildman–Crippen MR) is 130 cm³/mol. The second-order valence-electron chi connectivity index (χ2n) is 8.79. The molecule has 0 aliphatic carbocycles. The third-order valence-electron chi connectivity index (χ3n) is 5.12. The molecule has 168 valence electrons. The van der Waals surface area contributed by atoms with Crippen LogP contribution in [0.1, 0.15) is 86.8 Å². The zero-order valence-electron chi connectivity index (χ0n) is 19.2. The van der Waals surface area contributed by atoms with Gasteiger partial charge in [0.2, 0.25) is 5.91 Å². The molecule has 1 atom stereocenters. The zero-order valence-corrected chi connectivity index (χ0v) is 20.0. The second-order valence-corrected chi connectivity index (χ2v) is 9.68. The van der Waals surface area contributed by atoms with Gasteiger partial charge < -0.3 is 10.6 Å². The number of thiazole rings is 1. The van der Waals surface area contributed by atoms with Crippen molar-refractivity contribution < 1.29 is 9.59 Å². The number of hydrogen-bond donors (Lipinski definition) is 2. The lowest BCUT2D eigenvalue weighted by molar-refractivity contribution is -0.121. The summed E-state index contributed by atoms with van der Waals surface area (Å²) in [5.74, 6) is 0.135. The van der Waals surface area contributed by atoms with E-state index in [1.165, 1.54) is 11.3 Å². The van der Waals surface area contributed by atoms with Crippen LogP contribution in [0, 0.1) is 0 Å². The van der Waals surface area contributed by atoms with Crippen LogP contribution in [0.2, 0.25) is 0 Å². The summed E-state index contributed by atoms with van der Waals surface area (Å²) in [6, 6.07) is 7.90. The fraction of sp³-hybridized carbons (Fsp3) is 0.480. The Hall–Kier alpha value is -2.47. The fourth-order valence-electron chi connectivity index (χ4n) is 3.54. The zero-order chi connectivity index (χ0) is 22.9. The number of para-hydroxylation sites is 1. The molecule has 6 heteroatoms. The number of benzene rings is 1. The van der Waals surface area contributed by atoms with Gasteiger partial charge in [-0.25, -0.2) is 4.98 Å². The Morgan fingerprint density at radius 1 is 1.23 bits per heavy atom. The van der Waals surface area contributed by atoms with Gasteiger partial charge in [0.1, 0.15) is 5.69 Å². The minimum absolute atomic E-state index is 0.0480. The Labute approximate surface area is 190 Å². The molecule has 2 rings (SSSR count). The van der Waals surface area contributed by atoms with E-state index in [9.17, 15) is 9.59 Å². The van der Waals surface area contributed by atoms with Crippen LogP contribution in [0.4, 0.5) is 5.69 Å². The van der Waals surface area contributed by atoms with E-state index in [0.29, 0.717) is 18.7 Å². The molecule has 0 spiro atoms. The maximum absolute atomic E-state index is 12.9. The van der Waals surface area contributed by atoms with Crippen LogP contribution in [-0.4, -0.2) is 23.3 Å². The molecule has 1 aromatic carbocycles. The standard InChI is InChI=1S/C25H35N3O2S/c1-6-11-18(12-10-15-22(29)26-16-7-2)24-28-21(17-31-24)23(30)27-20-14-9-8-13-19(20)25(3,4)5/h7-9,13-14,17-18H,2,6,10-12,15-16H2,1,3-5H3,(H,26,29)(H,27,30). The monoisotopic (exact) mass is 441 g/mol. The van der Waals surface area contributed by atoms with Crippen molar-refractivity contribution in [1.82, 2.24) is 10.3 Å². The maximum atomic E-state index is 12.9. The molecule has 31 heavy (non-hydrogen) atoms. The predicted octanol–water partition coefficient (Wildman–Crippen LogP) is 6.05. The van der Waals surface area contributed by atoms with Gasteiger partial charge in [0, 0.05) is 30.0 Å². The van der Waals surface area contributed by atoms with E-state index in [0.717, 1.165) is 41.9 Å². The topological polar surface area (TPSA) is 71.1 Å². The average Bonchev–Trinajstić information content (AvgIpc) is 3.21. The molecule has 0 aliphatic heterocycles. The molecule has 2 aromatic rings. The number of nitrogens with zero attached hydrogens (tertiary/aromatic N) is 1. The van der Waals surface area contributed by atoms with Gasteiger partial charge in [-0.05, 0) is 36.3 Å². The average molecular weight is 442 g/mol. The third-order valence-corrected chi connectivity index (χ3v) is 6.13. The van der Waals surface area contributed by atoms with Crippen molar-refractivity contribution in [3.63, 3.8) is 0 Å². The minimum Gasteiger partial charge on any atom is -0.353 e. The van der Waals surface area contributed by atoms with Crippen LogP contribution in [0.25, 0.3) is 0 Å². The van der Waals surface area contributed by atoms with E-state index < -0.39 is 0 Å². The van der Waals surface area contributed by atoms with E-state index >= 15 is 0 Å². The summed E-state index contributed by atoms with van der Waals surface area (Å²) in [7, 11) is 0. The van der Waals surface area contributed by atoms with Gasteiger partial charge in [0.15, 0.2) is 0 Å². The first kappa shape index (κ1) is 24.8. The largest absolute Gasteiger partial charge is 0.353 e. The number of carbonyl (C=O) groups is 2. The number of anilines is 1. The molecule has 0 saturated heterocycles. The number of rotatable bonds is 11. The number of carbonyl (C=O) groups excluding carboxylic acids is 2. The van der Waals surface area contributed by atoms with Gasteiger partial charge in [0.05, 0.1) is 5.01 Å². The molecule has 0 aliphatic rings. The van der Waals surface area contributed by atoms with Gasteiger partial charge in [-0.1, -0.05) is 58.4 Å². The van der Waals surface area contributed by atoms with Crippen LogP contribution >= 0.6 is 11.3 Å². The molecule has 0 bridgehead atoms. The molecule has 0 radical (unpaired) electrons. The van der Waals surface area contributed by atoms with Gasteiger partial charge >= 0.3 is 0 Å². The lowest BCUT2D eigenvalue weighted by Crippen LogP contribution is -2.22. The highest BCUT2D eigenvalue weighted by Crippen LogP contribution is 2.31. The van der Waals surface area contributed by atoms with Gasteiger partial charge in [-0.3, -0.25) is 9.59 Å². The Balaban J connectivity index is 2.04.